The third-order valence-corrected chi connectivity index (χ3v) is 4.27. The zero-order chi connectivity index (χ0) is 14.0. The molecule has 2 aliphatic heterocycles. The highest BCUT2D eigenvalue weighted by Gasteiger charge is 2.44. The molecule has 0 aliphatic carbocycles. The lowest BCUT2D eigenvalue weighted by molar-refractivity contribution is -0.179. The molecule has 2 fully saturated rings. The van der Waals surface area contributed by atoms with E-state index in [1.165, 1.54) is 11.0 Å². The van der Waals surface area contributed by atoms with Gasteiger partial charge in [-0.2, -0.15) is 0 Å². The molecule has 2 aliphatic rings. The highest BCUT2D eigenvalue weighted by atomic mass is 16.5. The Hall–Kier alpha value is -1.54. The molecule has 2 saturated heterocycles. The second-order valence-corrected chi connectivity index (χ2v) is 5.46. The Morgan fingerprint density at radius 3 is 2.90 bits per heavy atom. The van der Waals surface area contributed by atoms with E-state index >= 15 is 0 Å². The van der Waals surface area contributed by atoms with Crippen molar-refractivity contribution in [3.8, 4) is 0 Å². The lowest BCUT2D eigenvalue weighted by Crippen LogP contribution is -2.56. The minimum atomic E-state index is -0.441. The molecular weight excluding hydrogens is 262 g/mol. The monoisotopic (exact) mass is 281 g/mol. The third-order valence-electron chi connectivity index (χ3n) is 4.27. The quantitative estimate of drug-likeness (QED) is 0.763. The number of carbonyl (C=O) groups excluding carboxylic acids is 1. The highest BCUT2D eigenvalue weighted by molar-refractivity contribution is 5.76. The van der Waals surface area contributed by atoms with Crippen LogP contribution < -0.4 is 0 Å². The predicted molar refractivity (Wildman–Crippen MR) is 67.6 cm³/mol. The van der Waals surface area contributed by atoms with Crippen LogP contribution in [0.4, 0.5) is 0 Å². The number of nitrogens with zero attached hydrogens (tertiary/aromatic N) is 5. The molecule has 1 N–H and O–H groups in total. The van der Waals surface area contributed by atoms with Crippen LogP contribution in [-0.4, -0.2) is 67.5 Å². The largest absolute Gasteiger partial charge is 0.390 e. The van der Waals surface area contributed by atoms with Gasteiger partial charge in [0.2, 0.25) is 5.91 Å². The molecule has 20 heavy (non-hydrogen) atoms. The SMILES string of the molecule is O=C(Cn1cnnn1)N1CCC2(CC1)OCCC[C@@H]2O. The number of tetrazole rings is 1. The number of hydrogen-bond acceptors (Lipinski definition) is 6. The first-order valence-corrected chi connectivity index (χ1v) is 7.00. The Bertz CT molecular complexity index is 456. The Balaban J connectivity index is 1.56. The summed E-state index contributed by atoms with van der Waals surface area (Å²) in [5.41, 5.74) is -0.441. The number of piperidine rings is 1. The molecule has 110 valence electrons. The van der Waals surface area contributed by atoms with Gasteiger partial charge >= 0.3 is 0 Å². The fraction of sp³-hybridized carbons (Fsp3) is 0.833. The summed E-state index contributed by atoms with van der Waals surface area (Å²) >= 11 is 0. The van der Waals surface area contributed by atoms with E-state index < -0.39 is 11.7 Å². The van der Waals surface area contributed by atoms with Gasteiger partial charge in [-0.05, 0) is 36.1 Å². The van der Waals surface area contributed by atoms with Gasteiger partial charge in [0, 0.05) is 19.7 Å². The van der Waals surface area contributed by atoms with Crippen LogP contribution in [0.1, 0.15) is 25.7 Å². The molecule has 0 radical (unpaired) electrons. The first-order valence-electron chi connectivity index (χ1n) is 7.00. The summed E-state index contributed by atoms with van der Waals surface area (Å²) in [7, 11) is 0. The standard InChI is InChI=1S/C12H19N5O3/c18-10-2-1-7-20-12(10)3-5-16(6-4-12)11(19)8-17-9-13-14-15-17/h9-10,18H,1-8H2/t10-/m0/s1. The molecule has 1 atom stereocenters. The maximum Gasteiger partial charge on any atom is 0.244 e. The van der Waals surface area contributed by atoms with Crippen LogP contribution in [0.3, 0.4) is 0 Å². The Labute approximate surface area is 116 Å². The fourth-order valence-electron chi connectivity index (χ4n) is 3.01. The number of rotatable bonds is 2. The van der Waals surface area contributed by atoms with Gasteiger partial charge in [0.25, 0.3) is 0 Å². The molecule has 3 heterocycles. The maximum absolute atomic E-state index is 12.1. The second-order valence-electron chi connectivity index (χ2n) is 5.46. The van der Waals surface area contributed by atoms with E-state index in [-0.39, 0.29) is 12.5 Å². The van der Waals surface area contributed by atoms with Crippen molar-refractivity contribution in [2.45, 2.75) is 43.9 Å². The molecule has 3 rings (SSSR count). The van der Waals surface area contributed by atoms with Crippen molar-refractivity contribution in [1.29, 1.82) is 0 Å². The molecule has 1 spiro atoms. The average Bonchev–Trinajstić information content (AvgIpc) is 2.96. The number of likely N-dealkylation sites (tertiary alicyclic amines) is 1. The van der Waals surface area contributed by atoms with Crippen molar-refractivity contribution in [1.82, 2.24) is 25.1 Å². The van der Waals surface area contributed by atoms with Gasteiger partial charge in [0.05, 0.1) is 11.7 Å². The summed E-state index contributed by atoms with van der Waals surface area (Å²) in [4.78, 5) is 13.9. The lowest BCUT2D eigenvalue weighted by atomic mass is 9.82. The predicted octanol–water partition coefficient (Wildman–Crippen LogP) is -0.794. The zero-order valence-electron chi connectivity index (χ0n) is 11.3. The molecule has 1 aromatic rings. The summed E-state index contributed by atoms with van der Waals surface area (Å²) in [6.45, 7) is 2.08. The van der Waals surface area contributed by atoms with Crippen molar-refractivity contribution in [2.75, 3.05) is 19.7 Å². The first kappa shape index (κ1) is 13.4. The van der Waals surface area contributed by atoms with E-state index in [0.717, 1.165) is 12.8 Å². The minimum absolute atomic E-state index is 0.00236. The second kappa shape index (κ2) is 5.45. The molecule has 0 unspecified atom stereocenters. The summed E-state index contributed by atoms with van der Waals surface area (Å²) in [6.07, 6.45) is 4.10. The van der Waals surface area contributed by atoms with Gasteiger partial charge in [-0.1, -0.05) is 0 Å². The maximum atomic E-state index is 12.1. The smallest absolute Gasteiger partial charge is 0.244 e. The number of aliphatic hydroxyl groups excluding tert-OH is 1. The van der Waals surface area contributed by atoms with Crippen LogP contribution in [0.2, 0.25) is 0 Å². The van der Waals surface area contributed by atoms with Crippen LogP contribution in [0.5, 0.6) is 0 Å². The molecule has 0 bridgehead atoms. The van der Waals surface area contributed by atoms with Crippen molar-refractivity contribution < 1.29 is 14.6 Å². The summed E-state index contributed by atoms with van der Waals surface area (Å²) in [5.74, 6) is -0.00236. The fourth-order valence-corrected chi connectivity index (χ4v) is 3.01. The van der Waals surface area contributed by atoms with Crippen LogP contribution in [0, 0.1) is 0 Å². The summed E-state index contributed by atoms with van der Waals surface area (Å²) in [5, 5.41) is 20.9. The van der Waals surface area contributed by atoms with Crippen molar-refractivity contribution in [3.63, 3.8) is 0 Å². The molecule has 8 nitrogen and oxygen atoms in total. The molecule has 1 amide bonds. The molecule has 0 aromatic carbocycles. The zero-order valence-corrected chi connectivity index (χ0v) is 11.3. The number of ether oxygens (including phenoxy) is 1. The minimum Gasteiger partial charge on any atom is -0.390 e. The van der Waals surface area contributed by atoms with Gasteiger partial charge in [-0.15, -0.1) is 5.10 Å². The van der Waals surface area contributed by atoms with Crippen LogP contribution in [0.15, 0.2) is 6.33 Å². The highest BCUT2D eigenvalue weighted by Crippen LogP contribution is 2.35. The number of hydrogen-bond donors (Lipinski definition) is 1. The van der Waals surface area contributed by atoms with E-state index in [2.05, 4.69) is 15.5 Å². The molecule has 1 aromatic heterocycles. The number of carbonyl (C=O) groups is 1. The summed E-state index contributed by atoms with van der Waals surface area (Å²) < 4.78 is 7.24. The van der Waals surface area contributed by atoms with Crippen LogP contribution >= 0.6 is 0 Å². The third kappa shape index (κ3) is 2.53. The van der Waals surface area contributed by atoms with Crippen LogP contribution in [0.25, 0.3) is 0 Å². The van der Waals surface area contributed by atoms with Crippen molar-refractivity contribution in [3.05, 3.63) is 6.33 Å². The number of aromatic nitrogens is 4. The number of amides is 1. The summed E-state index contributed by atoms with van der Waals surface area (Å²) in [6, 6.07) is 0. The Morgan fingerprint density at radius 2 is 2.25 bits per heavy atom. The van der Waals surface area contributed by atoms with E-state index in [0.29, 0.717) is 32.5 Å². The van der Waals surface area contributed by atoms with Crippen molar-refractivity contribution >= 4 is 5.91 Å². The lowest BCUT2D eigenvalue weighted by Gasteiger charge is -2.46. The number of aliphatic hydroxyl groups is 1. The molecular formula is C12H19N5O3. The van der Waals surface area contributed by atoms with Gasteiger partial charge in [0.1, 0.15) is 12.9 Å². The molecule has 0 saturated carbocycles. The molecule has 8 heteroatoms. The van der Waals surface area contributed by atoms with Gasteiger partial charge in [0.15, 0.2) is 0 Å². The van der Waals surface area contributed by atoms with Gasteiger partial charge in [-0.25, -0.2) is 4.68 Å². The van der Waals surface area contributed by atoms with E-state index in [4.69, 9.17) is 4.74 Å². The van der Waals surface area contributed by atoms with Crippen LogP contribution in [-0.2, 0) is 16.1 Å². The average molecular weight is 281 g/mol. The first-order chi connectivity index (χ1) is 9.70. The normalized spacial score (nSPS) is 25.9. The topological polar surface area (TPSA) is 93.4 Å². The Morgan fingerprint density at radius 1 is 1.45 bits per heavy atom. The van der Waals surface area contributed by atoms with E-state index in [1.807, 2.05) is 0 Å². The van der Waals surface area contributed by atoms with Gasteiger partial charge < -0.3 is 14.7 Å². The van der Waals surface area contributed by atoms with Gasteiger partial charge in [-0.3, -0.25) is 4.79 Å². The Kier molecular flexibility index (Phi) is 3.66. The van der Waals surface area contributed by atoms with E-state index in [1.54, 1.807) is 4.90 Å². The van der Waals surface area contributed by atoms with Crippen molar-refractivity contribution in [2.24, 2.45) is 0 Å². The van der Waals surface area contributed by atoms with E-state index in [9.17, 15) is 9.90 Å².